The van der Waals surface area contributed by atoms with Crippen LogP contribution in [0.15, 0.2) is 42.5 Å². The number of likely N-dealkylation sites (tertiary alicyclic amines) is 1. The Morgan fingerprint density at radius 3 is 2.61 bits per heavy atom. The van der Waals surface area contributed by atoms with Crippen LogP contribution in [0.25, 0.3) is 0 Å². The van der Waals surface area contributed by atoms with E-state index >= 15 is 0 Å². The van der Waals surface area contributed by atoms with E-state index in [4.69, 9.17) is 18.9 Å². The van der Waals surface area contributed by atoms with Gasteiger partial charge in [0.1, 0.15) is 11.5 Å². The predicted molar refractivity (Wildman–Crippen MR) is 131 cm³/mol. The number of nitrogens with zero attached hydrogens (tertiary/aromatic N) is 2. The molecular formula is C26H32N2O8. The molecule has 10 heteroatoms. The zero-order chi connectivity index (χ0) is 25.7. The number of aliphatic hydroxyl groups is 1. The second kappa shape index (κ2) is 11.6. The van der Waals surface area contributed by atoms with Gasteiger partial charge in [0.2, 0.25) is 0 Å². The minimum Gasteiger partial charge on any atom is -0.497 e. The van der Waals surface area contributed by atoms with Crippen LogP contribution < -0.4 is 14.4 Å². The Labute approximate surface area is 209 Å². The van der Waals surface area contributed by atoms with Gasteiger partial charge < -0.3 is 39.0 Å². The van der Waals surface area contributed by atoms with Crippen LogP contribution in [0.4, 0.5) is 10.5 Å². The molecule has 2 aromatic rings. The fourth-order valence-electron chi connectivity index (χ4n) is 4.72. The standard InChI is InChI=1S/C26H32N2O8/c1-33-11-3-10-28-20-12-17(4-9-22(20)36-16-24(28)30)15-35-23-14-27(26(31)32)13-21(29)25(23)18-5-7-19(34-2)8-6-18/h4-9,12,21,23,25,29H,3,10-11,13-16H2,1-2H3,(H,31,32)/t21-,23+,25+/m1/s1. The van der Waals surface area contributed by atoms with E-state index in [9.17, 15) is 19.8 Å². The minimum atomic E-state index is -1.10. The van der Waals surface area contributed by atoms with Crippen molar-refractivity contribution in [3.63, 3.8) is 0 Å². The van der Waals surface area contributed by atoms with Gasteiger partial charge in [-0.25, -0.2) is 4.79 Å². The molecule has 0 spiro atoms. The zero-order valence-corrected chi connectivity index (χ0v) is 20.5. The predicted octanol–water partition coefficient (Wildman–Crippen LogP) is 2.48. The minimum absolute atomic E-state index is 0.000614. The van der Waals surface area contributed by atoms with E-state index in [0.29, 0.717) is 36.8 Å². The second-order valence-corrected chi connectivity index (χ2v) is 8.89. The van der Waals surface area contributed by atoms with Gasteiger partial charge in [-0.1, -0.05) is 18.2 Å². The fraction of sp³-hybridized carbons (Fsp3) is 0.462. The SMILES string of the molecule is COCCCN1C(=O)COc2ccc(CO[C@H]3CN(C(=O)O)C[C@@H](O)[C@@H]3c3ccc(OC)cc3)cc21. The number of piperidine rings is 1. The lowest BCUT2D eigenvalue weighted by atomic mass is 9.84. The Balaban J connectivity index is 1.53. The lowest BCUT2D eigenvalue weighted by Gasteiger charge is -2.40. The van der Waals surface area contributed by atoms with Gasteiger partial charge in [0.25, 0.3) is 5.91 Å². The quantitative estimate of drug-likeness (QED) is 0.505. The molecule has 10 nitrogen and oxygen atoms in total. The number of β-amino-alcohol motifs (C(OH)–C–C–N with tert-alkyl or cyclic N) is 1. The number of fused-ring (bicyclic) bond motifs is 1. The van der Waals surface area contributed by atoms with E-state index in [1.165, 1.54) is 4.90 Å². The molecule has 2 aliphatic rings. The first-order valence-corrected chi connectivity index (χ1v) is 11.9. The third-order valence-corrected chi connectivity index (χ3v) is 6.55. The van der Waals surface area contributed by atoms with E-state index < -0.39 is 24.2 Å². The van der Waals surface area contributed by atoms with Gasteiger partial charge in [-0.05, 0) is 41.8 Å². The van der Waals surface area contributed by atoms with Crippen LogP contribution >= 0.6 is 0 Å². The second-order valence-electron chi connectivity index (χ2n) is 8.89. The Kier molecular flexibility index (Phi) is 8.29. The number of anilines is 1. The van der Waals surface area contributed by atoms with Crippen LogP contribution in [0.1, 0.15) is 23.5 Å². The number of amides is 2. The molecule has 1 fully saturated rings. The first kappa shape index (κ1) is 25.7. The number of benzene rings is 2. The van der Waals surface area contributed by atoms with Crippen molar-refractivity contribution in [1.82, 2.24) is 4.90 Å². The summed E-state index contributed by atoms with van der Waals surface area (Å²) in [6.45, 7) is 1.34. The highest BCUT2D eigenvalue weighted by atomic mass is 16.5. The van der Waals surface area contributed by atoms with Crippen molar-refractivity contribution < 1.29 is 38.7 Å². The number of aliphatic hydroxyl groups excluding tert-OH is 1. The summed E-state index contributed by atoms with van der Waals surface area (Å²) < 4.78 is 22.2. The van der Waals surface area contributed by atoms with Crippen molar-refractivity contribution in [2.75, 3.05) is 52.0 Å². The van der Waals surface area contributed by atoms with Gasteiger partial charge in [0.15, 0.2) is 6.61 Å². The summed E-state index contributed by atoms with van der Waals surface area (Å²) in [5.74, 6) is 0.773. The van der Waals surface area contributed by atoms with Crippen LogP contribution in [-0.2, 0) is 20.9 Å². The maximum absolute atomic E-state index is 12.5. The topological polar surface area (TPSA) is 118 Å². The maximum atomic E-state index is 12.5. The molecule has 0 aliphatic carbocycles. The van der Waals surface area contributed by atoms with Gasteiger partial charge in [-0.3, -0.25) is 4.79 Å². The molecule has 0 unspecified atom stereocenters. The van der Waals surface area contributed by atoms with E-state index in [1.54, 1.807) is 31.3 Å². The highest BCUT2D eigenvalue weighted by Crippen LogP contribution is 2.35. The average Bonchev–Trinajstić information content (AvgIpc) is 2.88. The van der Waals surface area contributed by atoms with Gasteiger partial charge in [0, 0.05) is 26.2 Å². The average molecular weight is 501 g/mol. The number of rotatable bonds is 9. The van der Waals surface area contributed by atoms with Crippen molar-refractivity contribution in [2.45, 2.75) is 31.2 Å². The lowest BCUT2D eigenvalue weighted by Crippen LogP contribution is -2.53. The van der Waals surface area contributed by atoms with Crippen molar-refractivity contribution in [3.05, 3.63) is 53.6 Å². The largest absolute Gasteiger partial charge is 0.497 e. The van der Waals surface area contributed by atoms with Crippen LogP contribution in [0.3, 0.4) is 0 Å². The molecule has 2 heterocycles. The van der Waals surface area contributed by atoms with E-state index in [0.717, 1.165) is 11.1 Å². The Morgan fingerprint density at radius 1 is 1.14 bits per heavy atom. The smallest absolute Gasteiger partial charge is 0.407 e. The van der Waals surface area contributed by atoms with Gasteiger partial charge in [-0.15, -0.1) is 0 Å². The summed E-state index contributed by atoms with van der Waals surface area (Å²) in [5.41, 5.74) is 2.32. The Hall–Kier alpha value is -3.34. The summed E-state index contributed by atoms with van der Waals surface area (Å²) in [5, 5.41) is 20.4. The van der Waals surface area contributed by atoms with Gasteiger partial charge >= 0.3 is 6.09 Å². The monoisotopic (exact) mass is 500 g/mol. The molecule has 0 aromatic heterocycles. The normalized spacial score (nSPS) is 21.6. The van der Waals surface area contributed by atoms with Gasteiger partial charge in [-0.2, -0.15) is 0 Å². The van der Waals surface area contributed by atoms with Crippen LogP contribution in [0.5, 0.6) is 11.5 Å². The van der Waals surface area contributed by atoms with Crippen molar-refractivity contribution >= 4 is 17.7 Å². The molecule has 4 rings (SSSR count). The Bertz CT molecular complexity index is 1060. The molecule has 2 N–H and O–H groups in total. The fourth-order valence-corrected chi connectivity index (χ4v) is 4.72. The van der Waals surface area contributed by atoms with Crippen LogP contribution in [0, 0.1) is 0 Å². The number of hydrogen-bond acceptors (Lipinski definition) is 7. The van der Waals surface area contributed by atoms with Crippen LogP contribution in [-0.4, -0.2) is 86.4 Å². The number of carbonyl (C=O) groups excluding carboxylic acids is 1. The van der Waals surface area contributed by atoms with Crippen LogP contribution in [0.2, 0.25) is 0 Å². The molecule has 0 radical (unpaired) electrons. The van der Waals surface area contributed by atoms with Gasteiger partial charge in [0.05, 0.1) is 44.7 Å². The van der Waals surface area contributed by atoms with Crippen molar-refractivity contribution in [1.29, 1.82) is 0 Å². The molecule has 0 bridgehead atoms. The van der Waals surface area contributed by atoms with E-state index in [2.05, 4.69) is 0 Å². The Morgan fingerprint density at radius 2 is 1.92 bits per heavy atom. The first-order chi connectivity index (χ1) is 17.4. The molecule has 194 valence electrons. The number of carboxylic acid groups (broad SMARTS) is 1. The molecular weight excluding hydrogens is 468 g/mol. The number of ether oxygens (including phenoxy) is 4. The summed E-state index contributed by atoms with van der Waals surface area (Å²) in [6, 6.07) is 12.9. The maximum Gasteiger partial charge on any atom is 0.407 e. The summed E-state index contributed by atoms with van der Waals surface area (Å²) in [6.07, 6.45) is -1.92. The third kappa shape index (κ3) is 5.72. The van der Waals surface area contributed by atoms with Crippen molar-refractivity contribution in [3.8, 4) is 11.5 Å². The molecule has 36 heavy (non-hydrogen) atoms. The summed E-state index contributed by atoms with van der Waals surface area (Å²) in [4.78, 5) is 27.0. The molecule has 2 aliphatic heterocycles. The highest BCUT2D eigenvalue weighted by molar-refractivity contribution is 5.97. The highest BCUT2D eigenvalue weighted by Gasteiger charge is 2.39. The third-order valence-electron chi connectivity index (χ3n) is 6.55. The molecule has 2 aromatic carbocycles. The summed E-state index contributed by atoms with van der Waals surface area (Å²) in [7, 11) is 3.20. The lowest BCUT2D eigenvalue weighted by molar-refractivity contribution is -0.121. The molecule has 3 atom stereocenters. The summed E-state index contributed by atoms with van der Waals surface area (Å²) >= 11 is 0. The number of methoxy groups -OCH3 is 2. The van der Waals surface area contributed by atoms with Crippen molar-refractivity contribution in [2.24, 2.45) is 0 Å². The molecule has 0 saturated carbocycles. The van der Waals surface area contributed by atoms with E-state index in [1.807, 2.05) is 30.3 Å². The zero-order valence-electron chi connectivity index (χ0n) is 20.5. The first-order valence-electron chi connectivity index (χ1n) is 11.9. The van der Waals surface area contributed by atoms with E-state index in [-0.39, 0.29) is 32.2 Å². The number of carbonyl (C=O) groups is 2. The molecule has 1 saturated heterocycles. The number of hydrogen-bond donors (Lipinski definition) is 2. The molecule has 2 amide bonds.